The zero-order chi connectivity index (χ0) is 14.5. The third-order valence-electron chi connectivity index (χ3n) is 3.02. The molecule has 1 amide bonds. The second kappa shape index (κ2) is 6.39. The van der Waals surface area contributed by atoms with Gasteiger partial charge in [-0.15, -0.1) is 0 Å². The fourth-order valence-electron chi connectivity index (χ4n) is 2.05. The second-order valence-corrected chi connectivity index (χ2v) is 5.02. The third-order valence-corrected chi connectivity index (χ3v) is 3.02. The summed E-state index contributed by atoms with van der Waals surface area (Å²) in [7, 11) is 0. The van der Waals surface area contributed by atoms with Crippen LogP contribution in [0.15, 0.2) is 36.4 Å². The van der Waals surface area contributed by atoms with E-state index in [-0.39, 0.29) is 0 Å². The molecule has 0 aliphatic heterocycles. The molecule has 0 fully saturated rings. The highest BCUT2D eigenvalue weighted by Crippen LogP contribution is 2.27. The lowest BCUT2D eigenvalue weighted by atomic mass is 10.1. The van der Waals surface area contributed by atoms with Crippen LogP contribution in [0.4, 0.5) is 0 Å². The molecule has 4 nitrogen and oxygen atoms in total. The van der Waals surface area contributed by atoms with Crippen LogP contribution >= 0.6 is 0 Å². The molecule has 0 atom stereocenters. The van der Waals surface area contributed by atoms with Crippen molar-refractivity contribution in [3.05, 3.63) is 42.0 Å². The van der Waals surface area contributed by atoms with E-state index in [4.69, 9.17) is 10.5 Å². The Morgan fingerprint density at radius 2 is 2.05 bits per heavy atom. The van der Waals surface area contributed by atoms with Crippen molar-refractivity contribution in [1.29, 1.82) is 0 Å². The highest BCUT2D eigenvalue weighted by molar-refractivity contribution is 6.00. The number of nitrogens with two attached hydrogens (primary N) is 1. The molecular formula is C16H20N2O2. The average molecular weight is 272 g/mol. The number of amides is 1. The van der Waals surface area contributed by atoms with Crippen LogP contribution in [0.25, 0.3) is 10.8 Å². The van der Waals surface area contributed by atoms with Crippen molar-refractivity contribution in [3.63, 3.8) is 0 Å². The minimum atomic E-state index is -0.444. The van der Waals surface area contributed by atoms with E-state index < -0.39 is 5.91 Å². The number of nitrogens with one attached hydrogen (secondary N) is 1. The van der Waals surface area contributed by atoms with Gasteiger partial charge >= 0.3 is 0 Å². The summed E-state index contributed by atoms with van der Waals surface area (Å²) in [5, 5.41) is 5.23. The highest BCUT2D eigenvalue weighted by Gasteiger charge is 2.08. The predicted octanol–water partition coefficient (Wildman–Crippen LogP) is 2.32. The molecule has 0 saturated heterocycles. The first kappa shape index (κ1) is 14.3. The summed E-state index contributed by atoms with van der Waals surface area (Å²) in [6.45, 7) is 5.48. The quantitative estimate of drug-likeness (QED) is 0.793. The van der Waals surface area contributed by atoms with E-state index in [1.54, 1.807) is 12.1 Å². The Kier molecular flexibility index (Phi) is 4.58. The van der Waals surface area contributed by atoms with Crippen LogP contribution in [0, 0.1) is 0 Å². The first-order valence-electron chi connectivity index (χ1n) is 6.76. The Morgan fingerprint density at radius 3 is 2.75 bits per heavy atom. The monoisotopic (exact) mass is 272 g/mol. The zero-order valence-electron chi connectivity index (χ0n) is 11.8. The van der Waals surface area contributed by atoms with Gasteiger partial charge in [0.15, 0.2) is 0 Å². The standard InChI is InChI=1S/C16H20N2O2/c1-11(2)18-7-8-20-15-10-13(16(17)19)9-12-5-3-4-6-14(12)15/h3-6,9-11,18H,7-8H2,1-2H3,(H2,17,19). The molecule has 0 radical (unpaired) electrons. The van der Waals surface area contributed by atoms with Crippen LogP contribution in [0.1, 0.15) is 24.2 Å². The van der Waals surface area contributed by atoms with Gasteiger partial charge in [-0.2, -0.15) is 0 Å². The summed E-state index contributed by atoms with van der Waals surface area (Å²) in [4.78, 5) is 11.4. The molecule has 0 aliphatic rings. The smallest absolute Gasteiger partial charge is 0.248 e. The lowest BCUT2D eigenvalue weighted by Crippen LogP contribution is -2.27. The fourth-order valence-corrected chi connectivity index (χ4v) is 2.05. The predicted molar refractivity (Wildman–Crippen MR) is 81.1 cm³/mol. The number of carbonyl (C=O) groups excluding carboxylic acids is 1. The van der Waals surface area contributed by atoms with E-state index in [2.05, 4.69) is 19.2 Å². The number of primary amides is 1. The lowest BCUT2D eigenvalue weighted by molar-refractivity contribution is 0.1000. The first-order chi connectivity index (χ1) is 9.58. The summed E-state index contributed by atoms with van der Waals surface area (Å²) in [5.74, 6) is 0.253. The molecule has 106 valence electrons. The first-order valence-corrected chi connectivity index (χ1v) is 6.76. The van der Waals surface area contributed by atoms with E-state index in [9.17, 15) is 4.79 Å². The molecule has 20 heavy (non-hydrogen) atoms. The van der Waals surface area contributed by atoms with Crippen molar-refractivity contribution in [3.8, 4) is 5.75 Å². The maximum atomic E-state index is 11.4. The summed E-state index contributed by atoms with van der Waals surface area (Å²) < 4.78 is 5.79. The van der Waals surface area contributed by atoms with Gasteiger partial charge in [0.25, 0.3) is 0 Å². The summed E-state index contributed by atoms with van der Waals surface area (Å²) in [5.41, 5.74) is 5.83. The summed E-state index contributed by atoms with van der Waals surface area (Å²) >= 11 is 0. The van der Waals surface area contributed by atoms with Gasteiger partial charge in [0.05, 0.1) is 0 Å². The molecule has 0 unspecified atom stereocenters. The van der Waals surface area contributed by atoms with E-state index in [0.717, 1.165) is 17.3 Å². The van der Waals surface area contributed by atoms with Crippen molar-refractivity contribution in [2.45, 2.75) is 19.9 Å². The fraction of sp³-hybridized carbons (Fsp3) is 0.312. The van der Waals surface area contributed by atoms with Crippen LogP contribution in [-0.2, 0) is 0 Å². The molecular weight excluding hydrogens is 252 g/mol. The summed E-state index contributed by atoms with van der Waals surface area (Å²) in [6, 6.07) is 11.7. The number of hydrogen-bond acceptors (Lipinski definition) is 3. The van der Waals surface area contributed by atoms with Gasteiger partial charge in [-0.05, 0) is 17.5 Å². The summed E-state index contributed by atoms with van der Waals surface area (Å²) in [6.07, 6.45) is 0. The van der Waals surface area contributed by atoms with Crippen LogP contribution < -0.4 is 15.8 Å². The van der Waals surface area contributed by atoms with Crippen LogP contribution in [0.2, 0.25) is 0 Å². The van der Waals surface area contributed by atoms with E-state index in [1.807, 2.05) is 24.3 Å². The number of ether oxygens (including phenoxy) is 1. The van der Waals surface area contributed by atoms with Gasteiger partial charge in [0, 0.05) is 23.5 Å². The molecule has 0 bridgehead atoms. The Labute approximate surface area is 118 Å². The highest BCUT2D eigenvalue weighted by atomic mass is 16.5. The number of fused-ring (bicyclic) bond motifs is 1. The molecule has 0 heterocycles. The van der Waals surface area contributed by atoms with Gasteiger partial charge in [0.2, 0.25) is 5.91 Å². The van der Waals surface area contributed by atoms with Gasteiger partial charge in [-0.1, -0.05) is 38.1 Å². The van der Waals surface area contributed by atoms with Crippen molar-refractivity contribution in [2.75, 3.05) is 13.2 Å². The van der Waals surface area contributed by atoms with Gasteiger partial charge in [-0.3, -0.25) is 4.79 Å². The molecule has 3 N–H and O–H groups in total. The normalized spacial score (nSPS) is 10.9. The number of benzene rings is 2. The van der Waals surface area contributed by atoms with Crippen molar-refractivity contribution < 1.29 is 9.53 Å². The topological polar surface area (TPSA) is 64.3 Å². The Bertz CT molecular complexity index is 608. The van der Waals surface area contributed by atoms with E-state index in [0.29, 0.717) is 24.0 Å². The molecule has 0 spiro atoms. The lowest BCUT2D eigenvalue weighted by Gasteiger charge is -2.12. The van der Waals surface area contributed by atoms with Gasteiger partial charge < -0.3 is 15.8 Å². The van der Waals surface area contributed by atoms with Gasteiger partial charge in [-0.25, -0.2) is 0 Å². The van der Waals surface area contributed by atoms with Crippen LogP contribution in [0.5, 0.6) is 5.75 Å². The molecule has 2 aromatic carbocycles. The Balaban J connectivity index is 2.23. The number of hydrogen-bond donors (Lipinski definition) is 2. The Hall–Kier alpha value is -2.07. The SMILES string of the molecule is CC(C)NCCOc1cc(C(N)=O)cc2ccccc12. The molecule has 0 saturated carbocycles. The molecule has 0 aliphatic carbocycles. The average Bonchev–Trinajstić information content (AvgIpc) is 2.42. The maximum absolute atomic E-state index is 11.4. The van der Waals surface area contributed by atoms with Crippen molar-refractivity contribution >= 4 is 16.7 Å². The van der Waals surface area contributed by atoms with Crippen molar-refractivity contribution in [2.24, 2.45) is 5.73 Å². The second-order valence-electron chi connectivity index (χ2n) is 5.02. The minimum Gasteiger partial charge on any atom is -0.492 e. The maximum Gasteiger partial charge on any atom is 0.248 e. The van der Waals surface area contributed by atoms with E-state index in [1.165, 1.54) is 0 Å². The van der Waals surface area contributed by atoms with E-state index >= 15 is 0 Å². The Morgan fingerprint density at radius 1 is 1.30 bits per heavy atom. The molecule has 2 rings (SSSR count). The van der Waals surface area contributed by atoms with Crippen LogP contribution in [0.3, 0.4) is 0 Å². The van der Waals surface area contributed by atoms with Gasteiger partial charge in [0.1, 0.15) is 12.4 Å². The molecule has 2 aromatic rings. The molecule has 0 aromatic heterocycles. The number of rotatable bonds is 6. The largest absolute Gasteiger partial charge is 0.492 e. The van der Waals surface area contributed by atoms with Crippen LogP contribution in [-0.4, -0.2) is 25.1 Å². The van der Waals surface area contributed by atoms with Crippen molar-refractivity contribution in [1.82, 2.24) is 5.32 Å². The number of carbonyl (C=O) groups is 1. The minimum absolute atomic E-state index is 0.423. The molecule has 4 heteroatoms. The zero-order valence-corrected chi connectivity index (χ0v) is 11.8. The third kappa shape index (κ3) is 3.48.